The Kier molecular flexibility index (Phi) is 4.04. The molecule has 0 aliphatic rings. The average Bonchev–Trinajstić information content (AvgIpc) is 2.17. The fourth-order valence-electron chi connectivity index (χ4n) is 1.10. The Morgan fingerprint density at radius 1 is 1.47 bits per heavy atom. The SMILES string of the molecule is Cc1cc(S(=O)(=O)CC(C)CCl)ncn1. The molecule has 1 aromatic heterocycles. The molecule has 0 bridgehead atoms. The number of aryl methyl sites for hydroxylation is 1. The summed E-state index contributed by atoms with van der Waals surface area (Å²) >= 11 is 5.58. The number of nitrogens with zero attached hydrogens (tertiary/aromatic N) is 2. The molecule has 0 N–H and O–H groups in total. The predicted molar refractivity (Wildman–Crippen MR) is 58.7 cm³/mol. The van der Waals surface area contributed by atoms with Crippen LogP contribution in [0.25, 0.3) is 0 Å². The molecule has 1 heterocycles. The van der Waals surface area contributed by atoms with Crippen molar-refractivity contribution in [3.8, 4) is 0 Å². The molecule has 0 radical (unpaired) electrons. The van der Waals surface area contributed by atoms with Gasteiger partial charge in [-0.05, 0) is 18.9 Å². The highest BCUT2D eigenvalue weighted by Crippen LogP contribution is 2.12. The van der Waals surface area contributed by atoms with Gasteiger partial charge < -0.3 is 0 Å². The van der Waals surface area contributed by atoms with Gasteiger partial charge in [-0.3, -0.25) is 0 Å². The van der Waals surface area contributed by atoms with Crippen LogP contribution in [0.2, 0.25) is 0 Å². The molecule has 1 aromatic rings. The molecule has 6 heteroatoms. The van der Waals surface area contributed by atoms with Crippen LogP contribution in [-0.2, 0) is 9.84 Å². The van der Waals surface area contributed by atoms with E-state index in [1.807, 2.05) is 0 Å². The van der Waals surface area contributed by atoms with E-state index in [9.17, 15) is 8.42 Å². The van der Waals surface area contributed by atoms with Crippen molar-refractivity contribution in [2.45, 2.75) is 18.9 Å². The number of hydrogen-bond acceptors (Lipinski definition) is 4. The second-order valence-corrected chi connectivity index (χ2v) is 5.83. The monoisotopic (exact) mass is 248 g/mol. The first-order chi connectivity index (χ1) is 6.95. The molecule has 0 fully saturated rings. The maximum Gasteiger partial charge on any atom is 0.196 e. The number of hydrogen-bond donors (Lipinski definition) is 0. The van der Waals surface area contributed by atoms with Crippen LogP contribution in [-0.4, -0.2) is 30.0 Å². The van der Waals surface area contributed by atoms with Gasteiger partial charge in [-0.2, -0.15) is 0 Å². The zero-order valence-electron chi connectivity index (χ0n) is 8.64. The Morgan fingerprint density at radius 3 is 2.67 bits per heavy atom. The van der Waals surface area contributed by atoms with Crippen LogP contribution in [0.1, 0.15) is 12.6 Å². The lowest BCUT2D eigenvalue weighted by atomic mass is 10.3. The van der Waals surface area contributed by atoms with E-state index in [2.05, 4.69) is 9.97 Å². The first kappa shape index (κ1) is 12.4. The molecule has 0 amide bonds. The Bertz CT molecular complexity index is 433. The van der Waals surface area contributed by atoms with Crippen LogP contribution in [0, 0.1) is 12.8 Å². The van der Waals surface area contributed by atoms with Crippen LogP contribution in [0.3, 0.4) is 0 Å². The predicted octanol–water partition coefficient (Wildman–Crippen LogP) is 1.43. The van der Waals surface area contributed by atoms with E-state index in [0.29, 0.717) is 11.6 Å². The summed E-state index contributed by atoms with van der Waals surface area (Å²) in [5.74, 6) is 0.267. The summed E-state index contributed by atoms with van der Waals surface area (Å²) in [4.78, 5) is 7.61. The van der Waals surface area contributed by atoms with Gasteiger partial charge in [0.25, 0.3) is 0 Å². The van der Waals surface area contributed by atoms with E-state index in [1.54, 1.807) is 13.8 Å². The molecule has 0 aliphatic carbocycles. The lowest BCUT2D eigenvalue weighted by Gasteiger charge is -2.07. The highest BCUT2D eigenvalue weighted by molar-refractivity contribution is 7.91. The summed E-state index contributed by atoms with van der Waals surface area (Å²) < 4.78 is 23.6. The van der Waals surface area contributed by atoms with Gasteiger partial charge in [-0.15, -0.1) is 11.6 Å². The van der Waals surface area contributed by atoms with Gasteiger partial charge in [0.05, 0.1) is 5.75 Å². The summed E-state index contributed by atoms with van der Waals surface area (Å²) in [5.41, 5.74) is 0.641. The lowest BCUT2D eigenvalue weighted by molar-refractivity contribution is 0.579. The molecular weight excluding hydrogens is 236 g/mol. The van der Waals surface area contributed by atoms with Crippen LogP contribution >= 0.6 is 11.6 Å². The summed E-state index contributed by atoms with van der Waals surface area (Å²) in [6.45, 7) is 3.52. The second kappa shape index (κ2) is 4.90. The van der Waals surface area contributed by atoms with E-state index in [0.717, 1.165) is 0 Å². The third kappa shape index (κ3) is 3.43. The maximum absolute atomic E-state index is 11.8. The van der Waals surface area contributed by atoms with Gasteiger partial charge in [0.15, 0.2) is 14.9 Å². The minimum atomic E-state index is -3.33. The van der Waals surface area contributed by atoms with Crippen molar-refractivity contribution in [1.29, 1.82) is 0 Å². The van der Waals surface area contributed by atoms with Crippen molar-refractivity contribution in [2.75, 3.05) is 11.6 Å². The van der Waals surface area contributed by atoms with Crippen LogP contribution in [0.5, 0.6) is 0 Å². The van der Waals surface area contributed by atoms with Gasteiger partial charge in [-0.1, -0.05) is 6.92 Å². The maximum atomic E-state index is 11.8. The van der Waals surface area contributed by atoms with Gasteiger partial charge >= 0.3 is 0 Å². The third-order valence-electron chi connectivity index (χ3n) is 1.86. The molecule has 1 unspecified atom stereocenters. The van der Waals surface area contributed by atoms with Crippen LogP contribution < -0.4 is 0 Å². The quantitative estimate of drug-likeness (QED) is 0.598. The molecule has 15 heavy (non-hydrogen) atoms. The van der Waals surface area contributed by atoms with Crippen molar-refractivity contribution in [3.63, 3.8) is 0 Å². The molecule has 0 aliphatic heterocycles. The van der Waals surface area contributed by atoms with Crippen molar-refractivity contribution in [2.24, 2.45) is 5.92 Å². The van der Waals surface area contributed by atoms with Gasteiger partial charge in [-0.25, -0.2) is 18.4 Å². The molecular formula is C9H13ClN2O2S. The number of alkyl halides is 1. The van der Waals surface area contributed by atoms with Crippen molar-refractivity contribution >= 4 is 21.4 Å². The fourth-order valence-corrected chi connectivity index (χ4v) is 2.94. The third-order valence-corrected chi connectivity index (χ3v) is 4.26. The molecule has 0 aromatic carbocycles. The van der Waals surface area contributed by atoms with E-state index >= 15 is 0 Å². The topological polar surface area (TPSA) is 59.9 Å². The Morgan fingerprint density at radius 2 is 2.13 bits per heavy atom. The normalized spacial score (nSPS) is 13.8. The second-order valence-electron chi connectivity index (χ2n) is 3.54. The Hall–Kier alpha value is -0.680. The standard InChI is InChI=1S/C9H13ClN2O2S/c1-7(4-10)5-15(13,14)9-3-8(2)11-6-12-9/h3,6-7H,4-5H2,1-2H3. The molecule has 0 saturated carbocycles. The molecule has 84 valence electrons. The van der Waals surface area contributed by atoms with Crippen molar-refractivity contribution in [1.82, 2.24) is 9.97 Å². The molecule has 1 rings (SSSR count). The molecule has 1 atom stereocenters. The first-order valence-corrected chi connectivity index (χ1v) is 6.71. The van der Waals surface area contributed by atoms with E-state index in [-0.39, 0.29) is 16.7 Å². The highest BCUT2D eigenvalue weighted by atomic mass is 35.5. The largest absolute Gasteiger partial charge is 0.242 e. The zero-order chi connectivity index (χ0) is 11.5. The lowest BCUT2D eigenvalue weighted by Crippen LogP contribution is -2.16. The minimum absolute atomic E-state index is 0.0208. The van der Waals surface area contributed by atoms with Gasteiger partial charge in [0.2, 0.25) is 0 Å². The molecule has 0 spiro atoms. The summed E-state index contributed by atoms with van der Waals surface area (Å²) in [6.07, 6.45) is 1.26. The summed E-state index contributed by atoms with van der Waals surface area (Å²) in [7, 11) is -3.33. The zero-order valence-corrected chi connectivity index (χ0v) is 10.2. The molecule has 4 nitrogen and oxygen atoms in total. The van der Waals surface area contributed by atoms with Gasteiger partial charge in [0, 0.05) is 11.6 Å². The smallest absolute Gasteiger partial charge is 0.196 e. The number of sulfone groups is 1. The average molecular weight is 249 g/mol. The highest BCUT2D eigenvalue weighted by Gasteiger charge is 2.19. The van der Waals surface area contributed by atoms with Gasteiger partial charge in [0.1, 0.15) is 6.33 Å². The summed E-state index contributed by atoms with van der Waals surface area (Å²) in [6, 6.07) is 1.47. The number of aromatic nitrogens is 2. The Balaban J connectivity index is 2.96. The van der Waals surface area contributed by atoms with Crippen LogP contribution in [0.15, 0.2) is 17.4 Å². The Labute approximate surface area is 94.6 Å². The fraction of sp³-hybridized carbons (Fsp3) is 0.556. The number of rotatable bonds is 4. The van der Waals surface area contributed by atoms with Crippen LogP contribution in [0.4, 0.5) is 0 Å². The molecule has 0 saturated heterocycles. The van der Waals surface area contributed by atoms with E-state index in [1.165, 1.54) is 12.4 Å². The summed E-state index contributed by atoms with van der Waals surface area (Å²) in [5, 5.41) is 0.0759. The number of halogens is 1. The van der Waals surface area contributed by atoms with Crippen molar-refractivity contribution in [3.05, 3.63) is 18.1 Å². The van der Waals surface area contributed by atoms with Crippen molar-refractivity contribution < 1.29 is 8.42 Å². The van der Waals surface area contributed by atoms with E-state index < -0.39 is 9.84 Å². The first-order valence-electron chi connectivity index (χ1n) is 4.53. The minimum Gasteiger partial charge on any atom is -0.242 e. The van der Waals surface area contributed by atoms with E-state index in [4.69, 9.17) is 11.6 Å².